The first-order valence-corrected chi connectivity index (χ1v) is 15.7. The minimum Gasteiger partial charge on any atom is -0.393 e. The molecule has 5 rings (SSSR count). The van der Waals surface area contributed by atoms with E-state index in [1.807, 2.05) is 46.2 Å². The van der Waals surface area contributed by atoms with Crippen LogP contribution in [-0.4, -0.2) is 83.0 Å². The molecule has 0 bridgehead atoms. The van der Waals surface area contributed by atoms with Crippen molar-refractivity contribution >= 4 is 35.0 Å². The van der Waals surface area contributed by atoms with Crippen molar-refractivity contribution in [1.82, 2.24) is 14.7 Å². The molecule has 0 radical (unpaired) electrons. The third kappa shape index (κ3) is 6.67. The second kappa shape index (κ2) is 13.2. The van der Waals surface area contributed by atoms with Crippen molar-refractivity contribution < 1.29 is 14.7 Å². The highest BCUT2D eigenvalue weighted by molar-refractivity contribution is 6.36. The molecule has 0 aromatic heterocycles. The Bertz CT molecular complexity index is 1170. The molecule has 2 heterocycles. The minimum atomic E-state index is -0.228. The van der Waals surface area contributed by atoms with Gasteiger partial charge in [0.25, 0.3) is 5.91 Å². The molecule has 2 aromatic rings. The number of aliphatic hydroxyl groups excluding tert-OH is 1. The molecule has 0 spiro atoms. The van der Waals surface area contributed by atoms with Crippen LogP contribution in [0.3, 0.4) is 0 Å². The third-order valence-corrected chi connectivity index (χ3v) is 9.68. The summed E-state index contributed by atoms with van der Waals surface area (Å²) in [4.78, 5) is 32.7. The quantitative estimate of drug-likeness (QED) is 0.418. The van der Waals surface area contributed by atoms with Crippen molar-refractivity contribution in [1.29, 1.82) is 0 Å². The monoisotopic (exact) mass is 585 g/mol. The zero-order chi connectivity index (χ0) is 28.2. The predicted octanol–water partition coefficient (Wildman–Crippen LogP) is 5.91. The van der Waals surface area contributed by atoms with E-state index >= 15 is 0 Å². The Morgan fingerprint density at radius 1 is 0.900 bits per heavy atom. The van der Waals surface area contributed by atoms with Gasteiger partial charge in [0.05, 0.1) is 6.10 Å². The second-order valence-corrected chi connectivity index (χ2v) is 12.5. The van der Waals surface area contributed by atoms with Crippen molar-refractivity contribution in [2.24, 2.45) is 5.92 Å². The van der Waals surface area contributed by atoms with Gasteiger partial charge in [-0.2, -0.15) is 0 Å². The van der Waals surface area contributed by atoms with E-state index in [1.54, 1.807) is 0 Å². The fraction of sp³-hybridized carbons (Fsp3) is 0.562. The number of unbranched alkanes of at least 4 members (excludes halogenated alkanes) is 1. The molecule has 2 aliphatic heterocycles. The van der Waals surface area contributed by atoms with Gasteiger partial charge in [-0.1, -0.05) is 48.7 Å². The first-order chi connectivity index (χ1) is 19.3. The Hall–Kier alpha value is -2.12. The van der Waals surface area contributed by atoms with Crippen molar-refractivity contribution in [3.05, 3.63) is 57.6 Å². The predicted molar refractivity (Wildman–Crippen MR) is 161 cm³/mol. The number of amides is 2. The second-order valence-electron chi connectivity index (χ2n) is 11.7. The SMILES string of the molecule is CCCCN1CCN(C(=O)c2ccc(-c3cc(Cl)c(C[C@@H]4CCN(C5CCC(O)CC5)C4=O)c(Cl)c3)cc2)CC1. The highest BCUT2D eigenvalue weighted by atomic mass is 35.5. The standard InChI is InChI=1S/C32H41Cl2N3O3/c1-2-3-13-35-15-17-36(18-16-35)31(39)23-6-4-22(5-7-23)25-20-29(33)28(30(34)21-25)19-24-12-14-37(32(24)40)26-8-10-27(38)11-9-26/h4-7,20-21,24,26-27,38H,2-3,8-19H2,1H3/t24-,26?,27?/m0/s1. The van der Waals surface area contributed by atoms with Gasteiger partial charge in [-0.3, -0.25) is 14.5 Å². The van der Waals surface area contributed by atoms with Crippen molar-refractivity contribution in [2.45, 2.75) is 70.4 Å². The highest BCUT2D eigenvalue weighted by Gasteiger charge is 2.37. The van der Waals surface area contributed by atoms with Gasteiger partial charge >= 0.3 is 0 Å². The lowest BCUT2D eigenvalue weighted by Gasteiger charge is -2.34. The molecule has 2 aromatic carbocycles. The molecule has 3 fully saturated rings. The van der Waals surface area contributed by atoms with E-state index in [9.17, 15) is 14.7 Å². The van der Waals surface area contributed by atoms with Gasteiger partial charge in [0.2, 0.25) is 5.91 Å². The minimum absolute atomic E-state index is 0.0767. The molecule has 3 aliphatic rings. The number of carbonyl (C=O) groups is 2. The molecule has 6 nitrogen and oxygen atoms in total. The molecule has 216 valence electrons. The lowest BCUT2D eigenvalue weighted by Crippen LogP contribution is -2.48. The fourth-order valence-corrected chi connectivity index (χ4v) is 7.08. The maximum atomic E-state index is 13.2. The summed E-state index contributed by atoms with van der Waals surface area (Å²) in [5, 5.41) is 10.9. The van der Waals surface area contributed by atoms with Gasteiger partial charge in [-0.25, -0.2) is 0 Å². The number of aliphatic hydroxyl groups is 1. The van der Waals surface area contributed by atoms with Crippen molar-refractivity contribution in [3.8, 4) is 11.1 Å². The van der Waals surface area contributed by atoms with Gasteiger partial charge in [0, 0.05) is 60.3 Å². The molecule has 8 heteroatoms. The van der Waals surface area contributed by atoms with Gasteiger partial charge in [0.15, 0.2) is 0 Å². The summed E-state index contributed by atoms with van der Waals surface area (Å²) in [7, 11) is 0. The lowest BCUT2D eigenvalue weighted by atomic mass is 9.92. The Morgan fingerprint density at radius 2 is 1.55 bits per heavy atom. The van der Waals surface area contributed by atoms with Crippen LogP contribution in [0.4, 0.5) is 0 Å². The van der Waals surface area contributed by atoms with Crippen LogP contribution >= 0.6 is 23.2 Å². The highest BCUT2D eigenvalue weighted by Crippen LogP contribution is 2.36. The normalized spacial score (nSPS) is 24.1. The zero-order valence-corrected chi connectivity index (χ0v) is 25.0. The topological polar surface area (TPSA) is 64.1 Å². The van der Waals surface area contributed by atoms with Crippen molar-refractivity contribution in [2.75, 3.05) is 39.3 Å². The number of hydrogen-bond acceptors (Lipinski definition) is 4. The Balaban J connectivity index is 1.20. The van der Waals surface area contributed by atoms with E-state index < -0.39 is 0 Å². The number of likely N-dealkylation sites (tertiary alicyclic amines) is 1. The van der Waals surface area contributed by atoms with E-state index in [0.717, 1.165) is 88.1 Å². The first kappa shape index (κ1) is 29.4. The molecule has 0 unspecified atom stereocenters. The summed E-state index contributed by atoms with van der Waals surface area (Å²) in [5.41, 5.74) is 3.34. The summed E-state index contributed by atoms with van der Waals surface area (Å²) < 4.78 is 0. The fourth-order valence-electron chi connectivity index (χ4n) is 6.44. The van der Waals surface area contributed by atoms with E-state index in [1.165, 1.54) is 12.8 Å². The molecule has 1 aliphatic carbocycles. The van der Waals surface area contributed by atoms with Crippen LogP contribution < -0.4 is 0 Å². The number of benzene rings is 2. The van der Waals surface area contributed by atoms with E-state index in [-0.39, 0.29) is 29.9 Å². The van der Waals surface area contributed by atoms with Crippen LogP contribution in [0.1, 0.15) is 67.8 Å². The molecule has 1 saturated carbocycles. The Labute approximate surface area is 248 Å². The Kier molecular flexibility index (Phi) is 9.72. The largest absolute Gasteiger partial charge is 0.393 e. The van der Waals surface area contributed by atoms with Crippen LogP contribution in [0.5, 0.6) is 0 Å². The van der Waals surface area contributed by atoms with Crippen LogP contribution in [0, 0.1) is 5.92 Å². The zero-order valence-electron chi connectivity index (χ0n) is 23.5. The van der Waals surface area contributed by atoms with E-state index in [2.05, 4.69) is 11.8 Å². The molecular weight excluding hydrogens is 545 g/mol. The lowest BCUT2D eigenvalue weighted by molar-refractivity contribution is -0.133. The average Bonchev–Trinajstić information content (AvgIpc) is 3.33. The number of carbonyl (C=O) groups excluding carboxylic acids is 2. The van der Waals surface area contributed by atoms with Gasteiger partial charge in [0.1, 0.15) is 0 Å². The number of halogens is 2. The number of piperazine rings is 1. The Morgan fingerprint density at radius 3 is 2.17 bits per heavy atom. The molecular formula is C32H41Cl2N3O3. The summed E-state index contributed by atoms with van der Waals surface area (Å²) in [6.45, 7) is 7.47. The first-order valence-electron chi connectivity index (χ1n) is 14.9. The summed E-state index contributed by atoms with van der Waals surface area (Å²) in [5.74, 6) is 0.138. The van der Waals surface area contributed by atoms with Gasteiger partial charge in [-0.15, -0.1) is 0 Å². The summed E-state index contributed by atoms with van der Waals surface area (Å²) in [6.07, 6.45) is 6.77. The molecule has 2 amide bonds. The molecule has 40 heavy (non-hydrogen) atoms. The summed E-state index contributed by atoms with van der Waals surface area (Å²) >= 11 is 13.5. The summed E-state index contributed by atoms with van der Waals surface area (Å²) in [6, 6.07) is 11.7. The van der Waals surface area contributed by atoms with Crippen molar-refractivity contribution in [3.63, 3.8) is 0 Å². The molecule has 1 atom stereocenters. The maximum absolute atomic E-state index is 13.2. The van der Waals surface area contributed by atoms with Crippen LogP contribution in [0.25, 0.3) is 11.1 Å². The average molecular weight is 587 g/mol. The smallest absolute Gasteiger partial charge is 0.253 e. The van der Waals surface area contributed by atoms with Crippen LogP contribution in [0.15, 0.2) is 36.4 Å². The molecule has 1 N–H and O–H groups in total. The van der Waals surface area contributed by atoms with Crippen LogP contribution in [0.2, 0.25) is 10.0 Å². The maximum Gasteiger partial charge on any atom is 0.253 e. The van der Waals surface area contributed by atoms with E-state index in [0.29, 0.717) is 22.0 Å². The number of nitrogens with zero attached hydrogens (tertiary/aromatic N) is 3. The van der Waals surface area contributed by atoms with Gasteiger partial charge < -0.3 is 14.9 Å². The van der Waals surface area contributed by atoms with Gasteiger partial charge in [-0.05, 0) is 92.4 Å². The van der Waals surface area contributed by atoms with Crippen LogP contribution in [-0.2, 0) is 11.2 Å². The number of hydrogen-bond donors (Lipinski definition) is 1. The molecule has 2 saturated heterocycles. The number of rotatable bonds is 8. The third-order valence-electron chi connectivity index (χ3n) is 9.00. The van der Waals surface area contributed by atoms with E-state index in [4.69, 9.17) is 23.2 Å².